The topological polar surface area (TPSA) is 36.9 Å². The van der Waals surface area contributed by atoms with E-state index in [9.17, 15) is 0 Å². The third kappa shape index (κ3) is 6.61. The molecule has 0 radical (unpaired) electrons. The Labute approximate surface area is 264 Å². The Balaban J connectivity index is 1.66. The second-order valence-electron chi connectivity index (χ2n) is 13.0. The lowest BCUT2D eigenvalue weighted by Gasteiger charge is -2.42. The van der Waals surface area contributed by atoms with Crippen molar-refractivity contribution in [1.29, 1.82) is 0 Å². The number of rotatable bonds is 10. The van der Waals surface area contributed by atoms with E-state index >= 15 is 0 Å². The molecule has 6 heteroatoms. The van der Waals surface area contributed by atoms with Crippen LogP contribution in [-0.4, -0.2) is 17.1 Å². The highest BCUT2D eigenvalue weighted by molar-refractivity contribution is 6.86. The molecule has 0 unspecified atom stereocenters. The van der Waals surface area contributed by atoms with Gasteiger partial charge in [-0.1, -0.05) is 139 Å². The van der Waals surface area contributed by atoms with E-state index in [4.69, 9.17) is 17.7 Å². The summed E-state index contributed by atoms with van der Waals surface area (Å²) in [5.74, 6) is 3.14. The van der Waals surface area contributed by atoms with Gasteiger partial charge in [-0.3, -0.25) is 0 Å². The third-order valence-electron chi connectivity index (χ3n) is 7.64. The van der Waals surface area contributed by atoms with Crippen molar-refractivity contribution in [2.24, 2.45) is 0 Å². The molecule has 5 aromatic carbocycles. The summed E-state index contributed by atoms with van der Waals surface area (Å²) in [6.45, 7) is 13.2. The maximum atomic E-state index is 7.01. The molecule has 0 fully saturated rings. The third-order valence-corrected chi connectivity index (χ3v) is 15.9. The second-order valence-corrected chi connectivity index (χ2v) is 20.4. The average molecular weight is 619 g/mol. The van der Waals surface area contributed by atoms with E-state index in [-0.39, 0.29) is 10.1 Å². The van der Waals surface area contributed by atoms with Crippen molar-refractivity contribution < 1.29 is 17.7 Å². The van der Waals surface area contributed by atoms with E-state index in [1.54, 1.807) is 0 Å². The largest absolute Gasteiger partial charge is 0.508 e. The van der Waals surface area contributed by atoms with Crippen molar-refractivity contribution in [2.75, 3.05) is 0 Å². The van der Waals surface area contributed by atoms with E-state index in [2.05, 4.69) is 65.8 Å². The van der Waals surface area contributed by atoms with Crippen LogP contribution in [0.4, 0.5) is 0 Å². The number of hydrogen-bond acceptors (Lipinski definition) is 4. The van der Waals surface area contributed by atoms with Crippen molar-refractivity contribution in [3.8, 4) is 23.0 Å². The summed E-state index contributed by atoms with van der Waals surface area (Å²) in [7, 11) is -6.39. The fourth-order valence-corrected chi connectivity index (χ4v) is 11.9. The van der Waals surface area contributed by atoms with Crippen LogP contribution in [-0.2, 0) is 0 Å². The van der Waals surface area contributed by atoms with Crippen LogP contribution in [0.15, 0.2) is 146 Å². The first-order chi connectivity index (χ1) is 21.0. The van der Waals surface area contributed by atoms with Gasteiger partial charge in [-0.25, -0.2) is 0 Å². The smallest absolute Gasteiger partial charge is 0.501 e. The van der Waals surface area contributed by atoms with Crippen molar-refractivity contribution in [1.82, 2.24) is 0 Å². The van der Waals surface area contributed by atoms with Gasteiger partial charge >= 0.3 is 17.1 Å². The van der Waals surface area contributed by atoms with Crippen molar-refractivity contribution in [3.05, 3.63) is 146 Å². The van der Waals surface area contributed by atoms with Crippen LogP contribution < -0.4 is 28.1 Å². The van der Waals surface area contributed by atoms with Gasteiger partial charge in [-0.15, -0.1) is 0 Å². The van der Waals surface area contributed by atoms with Crippen LogP contribution in [0.3, 0.4) is 0 Å². The van der Waals surface area contributed by atoms with Gasteiger partial charge in [0.1, 0.15) is 23.0 Å². The van der Waals surface area contributed by atoms with E-state index in [1.165, 1.54) is 0 Å². The lowest BCUT2D eigenvalue weighted by Crippen LogP contribution is -2.67. The van der Waals surface area contributed by atoms with Gasteiger partial charge in [-0.05, 0) is 48.5 Å². The molecule has 0 N–H and O–H groups in total. The van der Waals surface area contributed by atoms with Gasteiger partial charge in [0.05, 0.1) is 0 Å². The van der Waals surface area contributed by atoms with Gasteiger partial charge in [0.25, 0.3) is 0 Å². The summed E-state index contributed by atoms with van der Waals surface area (Å²) in [6, 6.07) is 48.5. The van der Waals surface area contributed by atoms with Crippen LogP contribution in [0.25, 0.3) is 0 Å². The molecule has 0 saturated carbocycles. The molecule has 0 spiro atoms. The van der Waals surface area contributed by atoms with E-state index in [0.717, 1.165) is 33.4 Å². The molecule has 4 nitrogen and oxygen atoms in total. The van der Waals surface area contributed by atoms with Gasteiger partial charge in [0.15, 0.2) is 0 Å². The first kappa shape index (κ1) is 31.2. The molecule has 0 aliphatic carbocycles. The Kier molecular flexibility index (Phi) is 9.04. The minimum atomic E-state index is -3.20. The van der Waals surface area contributed by atoms with E-state index in [0.29, 0.717) is 0 Å². The molecule has 0 heterocycles. The van der Waals surface area contributed by atoms with Crippen molar-refractivity contribution in [2.45, 2.75) is 51.6 Å². The van der Waals surface area contributed by atoms with Crippen LogP contribution >= 0.6 is 0 Å². The average Bonchev–Trinajstić information content (AvgIpc) is 3.01. The fourth-order valence-electron chi connectivity index (χ4n) is 5.28. The zero-order valence-corrected chi connectivity index (χ0v) is 28.5. The predicted molar refractivity (Wildman–Crippen MR) is 185 cm³/mol. The van der Waals surface area contributed by atoms with E-state index in [1.807, 2.05) is 121 Å². The molecule has 0 aliphatic heterocycles. The zero-order valence-electron chi connectivity index (χ0n) is 26.5. The number of para-hydroxylation sites is 4. The fraction of sp³-hybridized carbons (Fsp3) is 0.211. The Bertz CT molecular complexity index is 1390. The molecule has 0 aliphatic rings. The molecule has 226 valence electrons. The Morgan fingerprint density at radius 3 is 0.705 bits per heavy atom. The lowest BCUT2D eigenvalue weighted by molar-refractivity contribution is 0.353. The quantitative estimate of drug-likeness (QED) is 0.147. The molecule has 5 aromatic rings. The molecular weight excluding hydrogens is 577 g/mol. The molecule has 0 bridgehead atoms. The van der Waals surface area contributed by atoms with Crippen molar-refractivity contribution >= 4 is 27.5 Å². The van der Waals surface area contributed by atoms with Gasteiger partial charge in [0.2, 0.25) is 0 Å². The zero-order chi connectivity index (χ0) is 31.3. The number of benzene rings is 5. The van der Waals surface area contributed by atoms with Crippen LogP contribution in [0.1, 0.15) is 41.5 Å². The van der Waals surface area contributed by atoms with Gasteiger partial charge in [0, 0.05) is 20.4 Å². The minimum absolute atomic E-state index is 0.334. The lowest BCUT2D eigenvalue weighted by atomic mass is 10.2. The number of hydrogen-bond donors (Lipinski definition) is 0. The molecular formula is C38H42O4Si2. The van der Waals surface area contributed by atoms with Gasteiger partial charge in [-0.2, -0.15) is 0 Å². The van der Waals surface area contributed by atoms with Crippen LogP contribution in [0.2, 0.25) is 10.1 Å². The minimum Gasteiger partial charge on any atom is -0.508 e. The maximum absolute atomic E-state index is 7.01. The van der Waals surface area contributed by atoms with Gasteiger partial charge < -0.3 is 17.7 Å². The molecule has 44 heavy (non-hydrogen) atoms. The second kappa shape index (κ2) is 12.8. The maximum Gasteiger partial charge on any atom is 0.501 e. The van der Waals surface area contributed by atoms with E-state index < -0.39 is 17.1 Å². The highest BCUT2D eigenvalue weighted by Crippen LogP contribution is 2.41. The first-order valence-electron chi connectivity index (χ1n) is 15.1. The van der Waals surface area contributed by atoms with Crippen molar-refractivity contribution in [3.63, 3.8) is 0 Å². The molecule has 0 saturated heterocycles. The normalized spacial score (nSPS) is 12.3. The molecule has 0 amide bonds. The molecule has 0 aromatic heterocycles. The summed E-state index contributed by atoms with van der Waals surface area (Å²) < 4.78 is 28.0. The van der Waals surface area contributed by atoms with Crippen LogP contribution in [0.5, 0.6) is 23.0 Å². The molecule has 0 atom stereocenters. The standard InChI is InChI=1S/C38H42O4Si2/c1-37(2,3)43(39-31-19-11-7-12-20-31,40-32-21-13-8-14-22-32)35-27-29-36(30-28-35)44(38(4,5)6,41-33-23-15-9-16-24-33)42-34-25-17-10-18-26-34/h7-30H,1-6H3. The highest BCUT2D eigenvalue weighted by atomic mass is 28.4. The predicted octanol–water partition coefficient (Wildman–Crippen LogP) is 8.90. The monoisotopic (exact) mass is 618 g/mol. The Morgan fingerprint density at radius 1 is 0.318 bits per heavy atom. The summed E-state index contributed by atoms with van der Waals surface area (Å²) in [5.41, 5.74) is 0. The first-order valence-corrected chi connectivity index (χ1v) is 18.7. The summed E-state index contributed by atoms with van der Waals surface area (Å²) in [5, 5.41) is 1.38. The van der Waals surface area contributed by atoms with Crippen LogP contribution in [0, 0.1) is 0 Å². The molecule has 5 rings (SSSR count). The summed E-state index contributed by atoms with van der Waals surface area (Å²) in [4.78, 5) is 0. The Morgan fingerprint density at radius 2 is 0.523 bits per heavy atom. The summed E-state index contributed by atoms with van der Waals surface area (Å²) >= 11 is 0. The summed E-state index contributed by atoms with van der Waals surface area (Å²) in [6.07, 6.45) is 0. The Hall–Kier alpha value is -4.27. The SMILES string of the molecule is CC(C)(C)[Si](Oc1ccccc1)(Oc1ccccc1)c1ccc([Si](Oc2ccccc2)(Oc2ccccc2)C(C)(C)C)cc1. The highest BCUT2D eigenvalue weighted by Gasteiger charge is 2.58.